The van der Waals surface area contributed by atoms with Crippen LogP contribution in [0.1, 0.15) is 32.1 Å². The summed E-state index contributed by atoms with van der Waals surface area (Å²) in [7, 11) is 1.67. The minimum Gasteiger partial charge on any atom is -0.461 e. The predicted molar refractivity (Wildman–Crippen MR) is 85.1 cm³/mol. The van der Waals surface area contributed by atoms with Gasteiger partial charge in [-0.1, -0.05) is 25.1 Å². The molecule has 0 fully saturated rings. The smallest absolute Gasteiger partial charge is 0.226 e. The topological polar surface area (TPSA) is 54.3 Å². The van der Waals surface area contributed by atoms with Gasteiger partial charge in [-0.15, -0.1) is 0 Å². The molecule has 0 aliphatic rings. The first-order valence-electron chi connectivity index (χ1n) is 7.41. The van der Waals surface area contributed by atoms with E-state index in [-0.39, 0.29) is 5.91 Å². The number of aryl methyl sites for hydroxylation is 1. The highest BCUT2D eigenvalue weighted by atomic mass is 16.3. The van der Waals surface area contributed by atoms with E-state index in [4.69, 9.17) is 4.42 Å². The second-order valence-electron chi connectivity index (χ2n) is 5.92. The lowest BCUT2D eigenvalue weighted by molar-refractivity contribution is -0.128. The van der Waals surface area contributed by atoms with E-state index in [1.807, 2.05) is 32.0 Å². The predicted octanol–water partition coefficient (Wildman–Crippen LogP) is 2.86. The Bertz CT molecular complexity index is 629. The molecule has 0 saturated carbocycles. The number of hydrogen-bond acceptors (Lipinski definition) is 3. The van der Waals surface area contributed by atoms with Gasteiger partial charge in [-0.05, 0) is 19.9 Å². The van der Waals surface area contributed by atoms with E-state index in [0.29, 0.717) is 13.1 Å². The van der Waals surface area contributed by atoms with E-state index in [0.717, 1.165) is 23.2 Å². The Morgan fingerprint density at radius 1 is 1.29 bits per heavy atom. The molecule has 4 heteroatoms. The Labute approximate surface area is 125 Å². The first-order chi connectivity index (χ1) is 9.99. The van der Waals surface area contributed by atoms with Crippen molar-refractivity contribution in [3.05, 3.63) is 35.6 Å². The Hall–Kier alpha value is -1.81. The van der Waals surface area contributed by atoms with Crippen molar-refractivity contribution >= 4 is 16.9 Å². The van der Waals surface area contributed by atoms with Crippen molar-refractivity contribution in [3.63, 3.8) is 0 Å². The zero-order chi connectivity index (χ0) is 15.5. The fourth-order valence-corrected chi connectivity index (χ4v) is 2.55. The quantitative estimate of drug-likeness (QED) is 0.859. The van der Waals surface area contributed by atoms with Crippen molar-refractivity contribution in [2.75, 3.05) is 13.6 Å². The van der Waals surface area contributed by atoms with Gasteiger partial charge < -0.3 is 15.1 Å². The molecule has 0 bridgehead atoms. The molecule has 1 aromatic carbocycles. The van der Waals surface area contributed by atoms with Crippen LogP contribution < -0.4 is 10.6 Å². The highest BCUT2D eigenvalue weighted by molar-refractivity contribution is 5.82. The molecule has 0 aliphatic carbocycles. The van der Waals surface area contributed by atoms with Gasteiger partial charge in [-0.3, -0.25) is 4.79 Å². The highest BCUT2D eigenvalue weighted by Crippen LogP contribution is 2.26. The first kappa shape index (κ1) is 15.6. The van der Waals surface area contributed by atoms with Crippen molar-refractivity contribution in [2.24, 2.45) is 5.41 Å². The van der Waals surface area contributed by atoms with Crippen LogP contribution in [-0.4, -0.2) is 19.5 Å². The summed E-state index contributed by atoms with van der Waals surface area (Å²) >= 11 is 0. The summed E-state index contributed by atoms with van der Waals surface area (Å²) in [5, 5.41) is 7.25. The fourth-order valence-electron chi connectivity index (χ4n) is 2.55. The molecule has 0 atom stereocenters. The van der Waals surface area contributed by atoms with Gasteiger partial charge in [0.25, 0.3) is 0 Å². The lowest BCUT2D eigenvalue weighted by Crippen LogP contribution is -2.41. The largest absolute Gasteiger partial charge is 0.461 e. The monoisotopic (exact) mass is 288 g/mol. The van der Waals surface area contributed by atoms with E-state index >= 15 is 0 Å². The molecule has 2 N–H and O–H groups in total. The Morgan fingerprint density at radius 3 is 2.67 bits per heavy atom. The number of nitrogens with one attached hydrogen (secondary N) is 2. The Balaban J connectivity index is 2.12. The van der Waals surface area contributed by atoms with Crippen LogP contribution in [0.4, 0.5) is 0 Å². The molecular weight excluding hydrogens is 264 g/mol. The van der Waals surface area contributed by atoms with E-state index in [1.165, 1.54) is 5.56 Å². The van der Waals surface area contributed by atoms with Gasteiger partial charge in [-0.2, -0.15) is 0 Å². The van der Waals surface area contributed by atoms with Crippen LogP contribution >= 0.6 is 0 Å². The third-order valence-electron chi connectivity index (χ3n) is 3.81. The van der Waals surface area contributed by atoms with Gasteiger partial charge in [0.1, 0.15) is 11.3 Å². The summed E-state index contributed by atoms with van der Waals surface area (Å²) in [4.78, 5) is 11.8. The van der Waals surface area contributed by atoms with Gasteiger partial charge >= 0.3 is 0 Å². The highest BCUT2D eigenvalue weighted by Gasteiger charge is 2.26. The maximum absolute atomic E-state index is 11.8. The molecule has 0 saturated heterocycles. The third kappa shape index (κ3) is 3.27. The summed E-state index contributed by atoms with van der Waals surface area (Å²) < 4.78 is 5.88. The molecule has 21 heavy (non-hydrogen) atoms. The van der Waals surface area contributed by atoms with Gasteiger partial charge in [0.15, 0.2) is 0 Å². The van der Waals surface area contributed by atoms with Crippen molar-refractivity contribution in [3.8, 4) is 0 Å². The first-order valence-corrected chi connectivity index (χ1v) is 7.41. The summed E-state index contributed by atoms with van der Waals surface area (Å²) in [6.07, 6.45) is 0.866. The maximum atomic E-state index is 11.8. The molecule has 4 nitrogen and oxygen atoms in total. The lowest BCUT2D eigenvalue weighted by atomic mass is 9.92. The maximum Gasteiger partial charge on any atom is 0.226 e. The normalized spacial score (nSPS) is 11.8. The number of carbonyl (C=O) groups excluding carboxylic acids is 1. The number of fused-ring (bicyclic) bond motifs is 1. The minimum atomic E-state index is -0.430. The molecule has 0 aliphatic heterocycles. The van der Waals surface area contributed by atoms with E-state index in [9.17, 15) is 4.79 Å². The number of furan rings is 1. The van der Waals surface area contributed by atoms with Crippen molar-refractivity contribution in [2.45, 2.75) is 33.7 Å². The fraction of sp³-hybridized carbons (Fsp3) is 0.471. The zero-order valence-electron chi connectivity index (χ0n) is 13.2. The Kier molecular flexibility index (Phi) is 4.68. The Morgan fingerprint density at radius 2 is 2.00 bits per heavy atom. The number of rotatable bonds is 6. The number of hydrogen-bond donors (Lipinski definition) is 2. The number of amides is 1. The molecule has 2 aromatic rings. The summed E-state index contributed by atoms with van der Waals surface area (Å²) in [5.74, 6) is 1.06. The number of para-hydroxylation sites is 1. The van der Waals surface area contributed by atoms with E-state index in [2.05, 4.69) is 23.6 Å². The van der Waals surface area contributed by atoms with Crippen LogP contribution in [-0.2, 0) is 17.8 Å². The third-order valence-corrected chi connectivity index (χ3v) is 3.81. The van der Waals surface area contributed by atoms with Crippen molar-refractivity contribution in [1.29, 1.82) is 0 Å². The van der Waals surface area contributed by atoms with Crippen LogP contribution in [0.2, 0.25) is 0 Å². The van der Waals surface area contributed by atoms with E-state index in [1.54, 1.807) is 7.05 Å². The molecule has 2 rings (SSSR count). The number of benzene rings is 1. The molecule has 1 amide bonds. The molecule has 1 aromatic heterocycles. The van der Waals surface area contributed by atoms with Gasteiger partial charge in [0, 0.05) is 37.5 Å². The molecule has 1 heterocycles. The van der Waals surface area contributed by atoms with Crippen LogP contribution in [0.25, 0.3) is 11.0 Å². The average Bonchev–Trinajstić information content (AvgIpc) is 2.84. The van der Waals surface area contributed by atoms with Crippen LogP contribution in [0.15, 0.2) is 28.7 Å². The molecule has 114 valence electrons. The second-order valence-corrected chi connectivity index (χ2v) is 5.92. The molecule has 0 radical (unpaired) electrons. The number of carbonyl (C=O) groups is 1. The van der Waals surface area contributed by atoms with Crippen LogP contribution in [0, 0.1) is 5.41 Å². The van der Waals surface area contributed by atoms with Crippen molar-refractivity contribution < 1.29 is 9.21 Å². The van der Waals surface area contributed by atoms with Crippen LogP contribution in [0.3, 0.4) is 0 Å². The standard InChI is InChI=1S/C17H24N2O2/c1-5-14-13(12-8-6-7-9-15(12)21-14)10-19-11-17(2,3)16(20)18-4/h6-9,19H,5,10-11H2,1-4H3,(H,18,20). The summed E-state index contributed by atoms with van der Waals surface area (Å²) in [6, 6.07) is 8.08. The SMILES string of the molecule is CCc1oc2ccccc2c1CNCC(C)(C)C(=O)NC. The van der Waals surface area contributed by atoms with Gasteiger partial charge in [-0.25, -0.2) is 0 Å². The van der Waals surface area contributed by atoms with Gasteiger partial charge in [0.2, 0.25) is 5.91 Å². The van der Waals surface area contributed by atoms with Crippen molar-refractivity contribution in [1.82, 2.24) is 10.6 Å². The van der Waals surface area contributed by atoms with Gasteiger partial charge in [0.05, 0.1) is 5.41 Å². The second kappa shape index (κ2) is 6.31. The summed E-state index contributed by atoms with van der Waals surface area (Å²) in [6.45, 7) is 7.30. The summed E-state index contributed by atoms with van der Waals surface area (Å²) in [5.41, 5.74) is 1.69. The molecule has 0 unspecified atom stereocenters. The molecule has 0 spiro atoms. The average molecular weight is 288 g/mol. The zero-order valence-corrected chi connectivity index (χ0v) is 13.2. The lowest BCUT2D eigenvalue weighted by Gasteiger charge is -2.22. The molecular formula is C17H24N2O2. The van der Waals surface area contributed by atoms with Crippen LogP contribution in [0.5, 0.6) is 0 Å². The van der Waals surface area contributed by atoms with E-state index < -0.39 is 5.41 Å². The minimum absolute atomic E-state index is 0.0442.